The van der Waals surface area contributed by atoms with Crippen molar-refractivity contribution in [2.75, 3.05) is 0 Å². The average molecular weight is 366 g/mol. The first-order valence-electron chi connectivity index (χ1n) is 8.71. The third-order valence-corrected chi connectivity index (χ3v) is 3.79. The van der Waals surface area contributed by atoms with E-state index in [9.17, 15) is 9.59 Å². The number of nitrogens with zero attached hydrogens (tertiary/aromatic N) is 2. The van der Waals surface area contributed by atoms with E-state index in [2.05, 4.69) is 5.10 Å². The highest BCUT2D eigenvalue weighted by Crippen LogP contribution is 2.17. The van der Waals surface area contributed by atoms with Gasteiger partial charge in [0.05, 0.1) is 18.1 Å². The molecule has 0 spiro atoms. The van der Waals surface area contributed by atoms with E-state index >= 15 is 0 Å². The monoisotopic (exact) mass is 366 g/mol. The SMILES string of the molecule is CC(C)(C)OC(=O)Cc1ccn2ncc(C(=O)OCc3ccccc3)c2c1. The molecule has 3 rings (SSSR count). The first-order valence-corrected chi connectivity index (χ1v) is 8.71. The molecule has 0 aliphatic rings. The maximum atomic E-state index is 12.4. The molecule has 0 saturated heterocycles. The van der Waals surface area contributed by atoms with Crippen LogP contribution < -0.4 is 0 Å². The average Bonchev–Trinajstić information content (AvgIpc) is 3.02. The zero-order chi connectivity index (χ0) is 19.4. The lowest BCUT2D eigenvalue weighted by Crippen LogP contribution is -2.24. The lowest BCUT2D eigenvalue weighted by molar-refractivity contribution is -0.153. The molecule has 0 unspecified atom stereocenters. The number of aromatic nitrogens is 2. The summed E-state index contributed by atoms with van der Waals surface area (Å²) in [6.45, 7) is 5.67. The van der Waals surface area contributed by atoms with E-state index in [0.717, 1.165) is 11.1 Å². The normalized spacial score (nSPS) is 11.4. The number of carbonyl (C=O) groups excluding carboxylic acids is 2. The lowest BCUT2D eigenvalue weighted by atomic mass is 10.1. The van der Waals surface area contributed by atoms with E-state index in [1.165, 1.54) is 6.20 Å². The summed E-state index contributed by atoms with van der Waals surface area (Å²) in [4.78, 5) is 24.5. The van der Waals surface area contributed by atoms with Crippen LogP contribution in [0.15, 0.2) is 54.9 Å². The third-order valence-electron chi connectivity index (χ3n) is 3.79. The molecule has 2 heterocycles. The Morgan fingerprint density at radius 3 is 2.52 bits per heavy atom. The van der Waals surface area contributed by atoms with Crippen molar-refractivity contribution in [3.63, 3.8) is 0 Å². The molecule has 0 aliphatic heterocycles. The zero-order valence-corrected chi connectivity index (χ0v) is 15.6. The van der Waals surface area contributed by atoms with Crippen LogP contribution in [0.5, 0.6) is 0 Å². The standard InChI is InChI=1S/C21H22N2O4/c1-21(2,3)27-19(24)12-16-9-10-23-18(11-16)17(13-22-23)20(25)26-14-15-7-5-4-6-8-15/h4-11,13H,12,14H2,1-3H3. The summed E-state index contributed by atoms with van der Waals surface area (Å²) in [6.07, 6.45) is 3.31. The summed E-state index contributed by atoms with van der Waals surface area (Å²) in [6, 6.07) is 13.0. The minimum absolute atomic E-state index is 0.122. The molecule has 0 aliphatic carbocycles. The van der Waals surface area contributed by atoms with Gasteiger partial charge in [0.2, 0.25) is 0 Å². The molecule has 6 heteroatoms. The van der Waals surface area contributed by atoms with Crippen molar-refractivity contribution in [2.24, 2.45) is 0 Å². The fourth-order valence-corrected chi connectivity index (χ4v) is 2.64. The van der Waals surface area contributed by atoms with Gasteiger partial charge in [-0.2, -0.15) is 5.10 Å². The van der Waals surface area contributed by atoms with Crippen LogP contribution in [0.2, 0.25) is 0 Å². The fraction of sp³-hybridized carbons (Fsp3) is 0.286. The molecule has 0 fully saturated rings. The molecular formula is C21H22N2O4. The van der Waals surface area contributed by atoms with Crippen LogP contribution in [0.4, 0.5) is 0 Å². The molecule has 6 nitrogen and oxygen atoms in total. The number of rotatable bonds is 5. The van der Waals surface area contributed by atoms with Crippen LogP contribution in [0.25, 0.3) is 5.52 Å². The van der Waals surface area contributed by atoms with Crippen molar-refractivity contribution in [2.45, 2.75) is 39.4 Å². The molecule has 0 radical (unpaired) electrons. The minimum atomic E-state index is -0.537. The Kier molecular flexibility index (Phi) is 5.26. The van der Waals surface area contributed by atoms with E-state index < -0.39 is 11.6 Å². The number of hydrogen-bond acceptors (Lipinski definition) is 5. The van der Waals surface area contributed by atoms with Gasteiger partial charge in [-0.05, 0) is 44.0 Å². The molecule has 27 heavy (non-hydrogen) atoms. The summed E-state index contributed by atoms with van der Waals surface area (Å²) in [5.74, 6) is -0.775. The summed E-state index contributed by atoms with van der Waals surface area (Å²) in [5, 5.41) is 4.17. The van der Waals surface area contributed by atoms with Crippen molar-refractivity contribution in [3.05, 3.63) is 71.5 Å². The number of pyridine rings is 1. The second-order valence-corrected chi connectivity index (χ2v) is 7.25. The molecule has 0 saturated carbocycles. The topological polar surface area (TPSA) is 69.9 Å². The molecular weight excluding hydrogens is 344 g/mol. The Morgan fingerprint density at radius 2 is 1.81 bits per heavy atom. The summed E-state index contributed by atoms with van der Waals surface area (Å²) >= 11 is 0. The Hall–Kier alpha value is -3.15. The zero-order valence-electron chi connectivity index (χ0n) is 15.6. The largest absolute Gasteiger partial charge is 0.460 e. The van der Waals surface area contributed by atoms with Gasteiger partial charge >= 0.3 is 11.9 Å². The number of hydrogen-bond donors (Lipinski definition) is 0. The Bertz CT molecular complexity index is 955. The predicted octanol–water partition coefficient (Wildman–Crippen LogP) is 3.58. The molecule has 0 atom stereocenters. The lowest BCUT2D eigenvalue weighted by Gasteiger charge is -2.19. The summed E-state index contributed by atoms with van der Waals surface area (Å²) < 4.78 is 12.3. The van der Waals surface area contributed by atoms with Crippen LogP contribution >= 0.6 is 0 Å². The van der Waals surface area contributed by atoms with Crippen molar-refractivity contribution in [1.29, 1.82) is 0 Å². The van der Waals surface area contributed by atoms with Gasteiger partial charge in [0.1, 0.15) is 17.8 Å². The van der Waals surface area contributed by atoms with Gasteiger partial charge in [0.25, 0.3) is 0 Å². The summed E-state index contributed by atoms with van der Waals surface area (Å²) in [5.41, 5.74) is 2.07. The Morgan fingerprint density at radius 1 is 1.07 bits per heavy atom. The van der Waals surface area contributed by atoms with Crippen LogP contribution in [0.1, 0.15) is 42.3 Å². The quantitative estimate of drug-likeness (QED) is 0.646. The number of esters is 2. The van der Waals surface area contributed by atoms with Gasteiger partial charge in [0.15, 0.2) is 0 Å². The maximum Gasteiger partial charge on any atom is 0.342 e. The number of fused-ring (bicyclic) bond motifs is 1. The summed E-state index contributed by atoms with van der Waals surface area (Å²) in [7, 11) is 0. The number of ether oxygens (including phenoxy) is 2. The van der Waals surface area contributed by atoms with Gasteiger partial charge in [0, 0.05) is 6.20 Å². The van der Waals surface area contributed by atoms with Crippen LogP contribution in [0.3, 0.4) is 0 Å². The predicted molar refractivity (Wildman–Crippen MR) is 100 cm³/mol. The molecule has 0 amide bonds. The van der Waals surface area contributed by atoms with Crippen molar-refractivity contribution < 1.29 is 19.1 Å². The first kappa shape index (κ1) is 18.6. The molecule has 3 aromatic rings. The van der Waals surface area contributed by atoms with E-state index in [1.807, 2.05) is 51.1 Å². The molecule has 1 aromatic carbocycles. The number of benzene rings is 1. The van der Waals surface area contributed by atoms with Crippen molar-refractivity contribution >= 4 is 17.5 Å². The molecule has 140 valence electrons. The van der Waals surface area contributed by atoms with Crippen molar-refractivity contribution in [1.82, 2.24) is 9.61 Å². The van der Waals surface area contributed by atoms with Crippen LogP contribution in [0, 0.1) is 0 Å². The first-order chi connectivity index (χ1) is 12.8. The third kappa shape index (κ3) is 4.94. The Balaban J connectivity index is 1.74. The highest BCUT2D eigenvalue weighted by atomic mass is 16.6. The van der Waals surface area contributed by atoms with E-state index in [0.29, 0.717) is 11.1 Å². The minimum Gasteiger partial charge on any atom is -0.460 e. The Labute approximate surface area is 157 Å². The highest BCUT2D eigenvalue weighted by molar-refractivity contribution is 5.96. The van der Waals surface area contributed by atoms with E-state index in [-0.39, 0.29) is 19.0 Å². The van der Waals surface area contributed by atoms with Gasteiger partial charge in [-0.1, -0.05) is 30.3 Å². The van der Waals surface area contributed by atoms with Gasteiger partial charge in [-0.3, -0.25) is 4.79 Å². The van der Waals surface area contributed by atoms with Crippen LogP contribution in [-0.4, -0.2) is 27.2 Å². The maximum absolute atomic E-state index is 12.4. The van der Waals surface area contributed by atoms with Gasteiger partial charge in [-0.25, -0.2) is 9.31 Å². The van der Waals surface area contributed by atoms with Crippen LogP contribution in [-0.2, 0) is 27.3 Å². The van der Waals surface area contributed by atoms with Crippen molar-refractivity contribution in [3.8, 4) is 0 Å². The van der Waals surface area contributed by atoms with E-state index in [1.54, 1.807) is 22.8 Å². The molecule has 0 N–H and O–H groups in total. The van der Waals surface area contributed by atoms with Gasteiger partial charge in [-0.15, -0.1) is 0 Å². The smallest absolute Gasteiger partial charge is 0.342 e. The fourth-order valence-electron chi connectivity index (χ4n) is 2.64. The van der Waals surface area contributed by atoms with E-state index in [4.69, 9.17) is 9.47 Å². The molecule has 2 aromatic heterocycles. The van der Waals surface area contributed by atoms with Gasteiger partial charge < -0.3 is 9.47 Å². The second kappa shape index (κ2) is 7.61. The highest BCUT2D eigenvalue weighted by Gasteiger charge is 2.18. The second-order valence-electron chi connectivity index (χ2n) is 7.25. The number of carbonyl (C=O) groups is 2. The molecule has 0 bridgehead atoms.